The van der Waals surface area contributed by atoms with Crippen LogP contribution in [0.25, 0.3) is 0 Å². The number of hydrogen-bond donors (Lipinski definition) is 2. The van der Waals surface area contributed by atoms with Crippen molar-refractivity contribution >= 4 is 46.4 Å². The van der Waals surface area contributed by atoms with E-state index in [1.807, 2.05) is 13.0 Å². The van der Waals surface area contributed by atoms with E-state index in [0.29, 0.717) is 33.3 Å². The topological polar surface area (TPSA) is 79.8 Å². The molecule has 8 heteroatoms. The normalized spacial score (nSPS) is 13.2. The quantitative estimate of drug-likeness (QED) is 0.588. The maximum absolute atomic E-state index is 12.6. The molecule has 3 aromatic rings. The minimum Gasteiger partial charge on any atom is -0.325 e. The third-order valence-electron chi connectivity index (χ3n) is 4.28. The number of amides is 1. The van der Waals surface area contributed by atoms with Crippen LogP contribution in [0, 0.1) is 6.92 Å². The minimum absolute atomic E-state index is 0.234. The predicted molar refractivity (Wildman–Crippen MR) is 111 cm³/mol. The Morgan fingerprint density at radius 1 is 1.07 bits per heavy atom. The average molecular weight is 414 g/mol. The molecule has 1 fully saturated rings. The summed E-state index contributed by atoms with van der Waals surface area (Å²) in [5.41, 5.74) is 1.70. The second kappa shape index (κ2) is 7.73. The van der Waals surface area contributed by atoms with E-state index in [4.69, 9.17) is 23.2 Å². The third-order valence-corrected chi connectivity index (χ3v) is 4.91. The van der Waals surface area contributed by atoms with Crippen molar-refractivity contribution in [3.8, 4) is 0 Å². The second-order valence-corrected chi connectivity index (χ2v) is 7.45. The Bertz CT molecular complexity index is 1030. The molecule has 0 bridgehead atoms. The number of nitrogens with zero attached hydrogens (tertiary/aromatic N) is 3. The van der Waals surface area contributed by atoms with Gasteiger partial charge in [-0.15, -0.1) is 0 Å². The molecule has 0 saturated heterocycles. The van der Waals surface area contributed by atoms with Crippen LogP contribution in [-0.2, 0) is 0 Å². The maximum Gasteiger partial charge on any atom is 0.258 e. The van der Waals surface area contributed by atoms with E-state index in [9.17, 15) is 4.79 Å². The number of aryl methyl sites for hydroxylation is 1. The lowest BCUT2D eigenvalue weighted by Gasteiger charge is -2.11. The molecule has 0 aliphatic heterocycles. The lowest BCUT2D eigenvalue weighted by atomic mass is 10.2. The van der Waals surface area contributed by atoms with E-state index in [0.717, 1.165) is 24.4 Å². The van der Waals surface area contributed by atoms with Crippen LogP contribution in [0.15, 0.2) is 42.6 Å². The molecule has 0 radical (unpaired) electrons. The first-order valence-corrected chi connectivity index (χ1v) is 9.59. The van der Waals surface area contributed by atoms with Crippen LogP contribution in [0.4, 0.5) is 17.3 Å². The molecule has 6 nitrogen and oxygen atoms in total. The van der Waals surface area contributed by atoms with Crippen LogP contribution in [-0.4, -0.2) is 20.9 Å². The van der Waals surface area contributed by atoms with E-state index < -0.39 is 0 Å². The van der Waals surface area contributed by atoms with Crippen LogP contribution in [0.2, 0.25) is 10.0 Å². The minimum atomic E-state index is -0.387. The number of hydrogen-bond acceptors (Lipinski definition) is 5. The van der Waals surface area contributed by atoms with Crippen LogP contribution < -0.4 is 10.6 Å². The number of benzene rings is 1. The molecule has 1 aromatic carbocycles. The van der Waals surface area contributed by atoms with Crippen LogP contribution >= 0.6 is 23.2 Å². The predicted octanol–water partition coefficient (Wildman–Crippen LogP) is 5.36. The van der Waals surface area contributed by atoms with Gasteiger partial charge in [-0.1, -0.05) is 29.3 Å². The summed E-state index contributed by atoms with van der Waals surface area (Å²) in [5, 5.41) is 6.56. The van der Waals surface area contributed by atoms with Gasteiger partial charge in [-0.3, -0.25) is 4.79 Å². The highest BCUT2D eigenvalue weighted by atomic mass is 35.5. The zero-order valence-corrected chi connectivity index (χ0v) is 16.6. The zero-order valence-electron chi connectivity index (χ0n) is 15.0. The highest BCUT2D eigenvalue weighted by molar-refractivity contribution is 6.40. The highest BCUT2D eigenvalue weighted by Crippen LogP contribution is 2.38. The third kappa shape index (κ3) is 4.24. The van der Waals surface area contributed by atoms with E-state index >= 15 is 0 Å². The molecule has 1 saturated carbocycles. The Morgan fingerprint density at radius 3 is 2.54 bits per heavy atom. The van der Waals surface area contributed by atoms with Gasteiger partial charge < -0.3 is 10.6 Å². The number of aromatic nitrogens is 3. The van der Waals surface area contributed by atoms with Gasteiger partial charge in [0, 0.05) is 35.6 Å². The molecular formula is C20H17Cl2N5O. The average Bonchev–Trinajstić information content (AvgIpc) is 3.46. The summed E-state index contributed by atoms with van der Waals surface area (Å²) in [6.07, 6.45) is 3.86. The monoisotopic (exact) mass is 413 g/mol. The number of anilines is 3. The fraction of sp³-hybridized carbons (Fsp3) is 0.200. The maximum atomic E-state index is 12.6. The first kappa shape index (κ1) is 18.7. The molecule has 4 rings (SSSR count). The van der Waals surface area contributed by atoms with Gasteiger partial charge in [0.15, 0.2) is 0 Å². The van der Waals surface area contributed by atoms with Crippen LogP contribution in [0.3, 0.4) is 0 Å². The number of carbonyl (C=O) groups excluding carboxylic acids is 1. The first-order valence-electron chi connectivity index (χ1n) is 8.83. The second-order valence-electron chi connectivity index (χ2n) is 6.63. The van der Waals surface area contributed by atoms with E-state index in [2.05, 4.69) is 25.6 Å². The number of nitrogens with one attached hydrogen (secondary N) is 2. The van der Waals surface area contributed by atoms with Gasteiger partial charge in [0.25, 0.3) is 5.91 Å². The smallest absolute Gasteiger partial charge is 0.258 e. The van der Waals surface area contributed by atoms with Crippen molar-refractivity contribution < 1.29 is 4.79 Å². The Balaban J connectivity index is 1.53. The van der Waals surface area contributed by atoms with Gasteiger partial charge in [-0.05, 0) is 38.0 Å². The Morgan fingerprint density at radius 2 is 1.82 bits per heavy atom. The van der Waals surface area contributed by atoms with Gasteiger partial charge in [0.1, 0.15) is 17.5 Å². The lowest BCUT2D eigenvalue weighted by molar-refractivity contribution is 0.102. The molecule has 2 heterocycles. The van der Waals surface area contributed by atoms with Gasteiger partial charge >= 0.3 is 0 Å². The van der Waals surface area contributed by atoms with Gasteiger partial charge in [0.2, 0.25) is 0 Å². The molecule has 1 amide bonds. The molecule has 28 heavy (non-hydrogen) atoms. The highest BCUT2D eigenvalue weighted by Gasteiger charge is 2.27. The molecule has 2 N–H and O–H groups in total. The summed E-state index contributed by atoms with van der Waals surface area (Å²) in [7, 11) is 0. The molecule has 1 aliphatic carbocycles. The van der Waals surface area contributed by atoms with Crippen molar-refractivity contribution in [2.24, 2.45) is 0 Å². The summed E-state index contributed by atoms with van der Waals surface area (Å²) in [4.78, 5) is 25.9. The van der Waals surface area contributed by atoms with Crippen molar-refractivity contribution in [1.82, 2.24) is 15.0 Å². The number of carbonyl (C=O) groups is 1. The van der Waals surface area contributed by atoms with Crippen LogP contribution in [0.5, 0.6) is 0 Å². The van der Waals surface area contributed by atoms with Crippen molar-refractivity contribution in [1.29, 1.82) is 0 Å². The van der Waals surface area contributed by atoms with E-state index in [-0.39, 0.29) is 11.5 Å². The molecule has 1 aliphatic rings. The number of rotatable bonds is 5. The molecule has 0 atom stereocenters. The Labute approximate surface area is 172 Å². The Kier molecular flexibility index (Phi) is 5.15. The number of halogens is 2. The van der Waals surface area contributed by atoms with Crippen molar-refractivity contribution in [3.63, 3.8) is 0 Å². The molecule has 2 aromatic heterocycles. The molecule has 142 valence electrons. The zero-order chi connectivity index (χ0) is 19.7. The molecule has 0 spiro atoms. The fourth-order valence-corrected chi connectivity index (χ4v) is 3.36. The van der Waals surface area contributed by atoms with Crippen molar-refractivity contribution in [3.05, 3.63) is 69.7 Å². The molecule has 0 unspecified atom stereocenters. The SMILES string of the molecule is Cc1cc(Nc2cc(NC(=O)c3c(Cl)cccc3Cl)ccn2)nc(C2CC2)n1. The van der Waals surface area contributed by atoms with Gasteiger partial charge in [-0.2, -0.15) is 0 Å². The fourth-order valence-electron chi connectivity index (χ4n) is 2.80. The van der Waals surface area contributed by atoms with Crippen molar-refractivity contribution in [2.75, 3.05) is 10.6 Å². The van der Waals surface area contributed by atoms with E-state index in [1.165, 1.54) is 0 Å². The molecular weight excluding hydrogens is 397 g/mol. The van der Waals surface area contributed by atoms with Crippen LogP contribution in [0.1, 0.15) is 40.6 Å². The largest absolute Gasteiger partial charge is 0.325 e. The lowest BCUT2D eigenvalue weighted by Crippen LogP contribution is -2.13. The Hall–Kier alpha value is -2.70. The first-order chi connectivity index (χ1) is 13.5. The summed E-state index contributed by atoms with van der Waals surface area (Å²) >= 11 is 12.2. The summed E-state index contributed by atoms with van der Waals surface area (Å²) < 4.78 is 0. The summed E-state index contributed by atoms with van der Waals surface area (Å²) in [6, 6.07) is 10.2. The summed E-state index contributed by atoms with van der Waals surface area (Å²) in [6.45, 7) is 1.94. The van der Waals surface area contributed by atoms with Gasteiger partial charge in [0.05, 0.1) is 15.6 Å². The standard InChI is InChI=1S/C20H17Cl2N5O/c1-11-9-17(27-19(24-11)12-5-6-12)26-16-10-13(7-8-23-16)25-20(28)18-14(21)3-2-4-15(18)22/h2-4,7-10,12H,5-6H2,1H3,(H2,23,24,25,26,27,28). The van der Waals surface area contributed by atoms with E-state index in [1.54, 1.807) is 36.5 Å². The summed E-state index contributed by atoms with van der Waals surface area (Å²) in [5.74, 6) is 2.17. The van der Waals surface area contributed by atoms with Gasteiger partial charge in [-0.25, -0.2) is 15.0 Å². The number of pyridine rings is 1. The van der Waals surface area contributed by atoms with Crippen molar-refractivity contribution in [2.45, 2.75) is 25.7 Å².